The van der Waals surface area contributed by atoms with Crippen LogP contribution >= 0.6 is 27.5 Å². The average molecular weight is 365 g/mol. The van der Waals surface area contributed by atoms with E-state index in [9.17, 15) is 9.59 Å². The van der Waals surface area contributed by atoms with Crippen molar-refractivity contribution < 1.29 is 9.59 Å². The van der Waals surface area contributed by atoms with Crippen LogP contribution in [0.3, 0.4) is 0 Å². The van der Waals surface area contributed by atoms with Crippen molar-refractivity contribution in [2.45, 2.75) is 13.8 Å². The van der Waals surface area contributed by atoms with Crippen LogP contribution in [0.1, 0.15) is 31.8 Å². The number of aryl methyl sites for hydroxylation is 2. The second-order valence-corrected chi connectivity index (χ2v) is 6.26. The number of nitrogens with zero attached hydrogens (tertiary/aromatic N) is 1. The van der Waals surface area contributed by atoms with Crippen molar-refractivity contribution in [2.24, 2.45) is 0 Å². The quantitative estimate of drug-likeness (QED) is 0.698. The number of amides is 2. The number of fused-ring (bicyclic) bond motifs is 1. The highest BCUT2D eigenvalue weighted by molar-refractivity contribution is 9.10. The minimum absolute atomic E-state index is 0.297. The molecule has 0 spiro atoms. The van der Waals surface area contributed by atoms with Gasteiger partial charge < -0.3 is 0 Å². The summed E-state index contributed by atoms with van der Waals surface area (Å²) >= 11 is 9.36. The number of benzene rings is 2. The number of rotatable bonds is 1. The molecule has 3 nitrogen and oxygen atoms in total. The first kappa shape index (κ1) is 14.3. The van der Waals surface area contributed by atoms with Gasteiger partial charge in [-0.2, -0.15) is 0 Å². The molecule has 1 aliphatic rings. The fourth-order valence-electron chi connectivity index (χ4n) is 2.54. The molecule has 0 aromatic heterocycles. The Hall–Kier alpha value is -1.65. The Kier molecular flexibility index (Phi) is 3.38. The zero-order valence-electron chi connectivity index (χ0n) is 11.4. The Labute approximate surface area is 135 Å². The SMILES string of the molecule is Cc1ccc(C)c2c1C(=O)N(c1ccc(Br)c(Cl)c1)C2=O. The summed E-state index contributed by atoms with van der Waals surface area (Å²) in [7, 11) is 0. The van der Waals surface area contributed by atoms with E-state index < -0.39 is 0 Å². The van der Waals surface area contributed by atoms with Crippen LogP contribution in [0.2, 0.25) is 5.02 Å². The van der Waals surface area contributed by atoms with Crippen LogP contribution in [0.5, 0.6) is 0 Å². The van der Waals surface area contributed by atoms with Crippen LogP contribution in [0.15, 0.2) is 34.8 Å². The Morgan fingerprint density at radius 3 is 1.95 bits per heavy atom. The molecular weight excluding hydrogens is 354 g/mol. The topological polar surface area (TPSA) is 37.4 Å². The van der Waals surface area contributed by atoms with Gasteiger partial charge in [-0.15, -0.1) is 0 Å². The zero-order chi connectivity index (χ0) is 15.3. The molecule has 106 valence electrons. The van der Waals surface area contributed by atoms with Gasteiger partial charge in [0.05, 0.1) is 21.8 Å². The van der Waals surface area contributed by atoms with E-state index in [-0.39, 0.29) is 11.8 Å². The molecule has 0 unspecified atom stereocenters. The van der Waals surface area contributed by atoms with Crippen LogP contribution in [0.25, 0.3) is 0 Å². The third-order valence-corrected chi connectivity index (χ3v) is 4.85. The molecule has 21 heavy (non-hydrogen) atoms. The first-order valence-electron chi connectivity index (χ1n) is 6.36. The molecule has 0 atom stereocenters. The molecule has 0 bridgehead atoms. The molecule has 3 rings (SSSR count). The molecule has 0 N–H and O–H groups in total. The van der Waals surface area contributed by atoms with E-state index in [4.69, 9.17) is 11.6 Å². The second-order valence-electron chi connectivity index (χ2n) is 4.99. The van der Waals surface area contributed by atoms with Crippen LogP contribution in [0, 0.1) is 13.8 Å². The van der Waals surface area contributed by atoms with Gasteiger partial charge in [-0.05, 0) is 59.1 Å². The molecule has 0 saturated heterocycles. The van der Waals surface area contributed by atoms with Crippen molar-refractivity contribution in [1.82, 2.24) is 0 Å². The molecule has 0 fully saturated rings. The van der Waals surface area contributed by atoms with E-state index in [0.717, 1.165) is 15.6 Å². The lowest BCUT2D eigenvalue weighted by molar-refractivity contribution is 0.0926. The van der Waals surface area contributed by atoms with Crippen molar-refractivity contribution in [3.05, 3.63) is 62.1 Å². The normalized spacial score (nSPS) is 13.8. The molecule has 1 aliphatic heterocycles. The number of halogens is 2. The lowest BCUT2D eigenvalue weighted by atomic mass is 9.99. The first-order chi connectivity index (χ1) is 9.91. The minimum atomic E-state index is -0.297. The maximum atomic E-state index is 12.6. The number of carbonyl (C=O) groups excluding carboxylic acids is 2. The lowest BCUT2D eigenvalue weighted by Crippen LogP contribution is -2.29. The first-order valence-corrected chi connectivity index (χ1v) is 7.53. The highest BCUT2D eigenvalue weighted by Gasteiger charge is 2.39. The average Bonchev–Trinajstić information content (AvgIpc) is 2.70. The van der Waals surface area contributed by atoms with Crippen molar-refractivity contribution >= 4 is 45.0 Å². The summed E-state index contributed by atoms with van der Waals surface area (Å²) in [5.74, 6) is -0.593. The van der Waals surface area contributed by atoms with Gasteiger partial charge in [-0.25, -0.2) is 4.90 Å². The molecule has 2 amide bonds. The van der Waals surface area contributed by atoms with Crippen LogP contribution < -0.4 is 4.90 Å². The van der Waals surface area contributed by atoms with Crippen LogP contribution in [0.4, 0.5) is 5.69 Å². The van der Waals surface area contributed by atoms with E-state index in [1.165, 1.54) is 4.90 Å². The summed E-state index contributed by atoms with van der Waals surface area (Å²) in [6, 6.07) is 8.75. The fraction of sp³-hybridized carbons (Fsp3) is 0.125. The fourth-order valence-corrected chi connectivity index (χ4v) is 2.96. The van der Waals surface area contributed by atoms with Crippen LogP contribution in [-0.2, 0) is 0 Å². The van der Waals surface area contributed by atoms with Gasteiger partial charge in [0.25, 0.3) is 11.8 Å². The standard InChI is InChI=1S/C16H11BrClNO2/c1-8-3-4-9(2)14-13(8)15(20)19(16(14)21)10-5-6-11(17)12(18)7-10/h3-7H,1-2H3. The Bertz CT molecular complexity index is 760. The third-order valence-electron chi connectivity index (χ3n) is 3.62. The molecule has 2 aromatic rings. The predicted molar refractivity (Wildman–Crippen MR) is 86.2 cm³/mol. The Morgan fingerprint density at radius 2 is 1.48 bits per heavy atom. The maximum Gasteiger partial charge on any atom is 0.266 e. The van der Waals surface area contributed by atoms with Gasteiger partial charge in [0.1, 0.15) is 0 Å². The summed E-state index contributed by atoms with van der Waals surface area (Å²) in [5.41, 5.74) is 3.06. The van der Waals surface area contributed by atoms with E-state index in [2.05, 4.69) is 15.9 Å². The Morgan fingerprint density at radius 1 is 0.952 bits per heavy atom. The van der Waals surface area contributed by atoms with Crippen molar-refractivity contribution in [3.63, 3.8) is 0 Å². The highest BCUT2D eigenvalue weighted by Crippen LogP contribution is 2.35. The summed E-state index contributed by atoms with van der Waals surface area (Å²) in [5, 5.41) is 0.456. The Balaban J connectivity index is 2.18. The van der Waals surface area contributed by atoms with E-state index in [0.29, 0.717) is 21.8 Å². The number of anilines is 1. The van der Waals surface area contributed by atoms with Gasteiger partial charge in [0.2, 0.25) is 0 Å². The van der Waals surface area contributed by atoms with Gasteiger partial charge in [-0.1, -0.05) is 23.7 Å². The summed E-state index contributed by atoms with van der Waals surface area (Å²) in [6.07, 6.45) is 0. The number of imide groups is 1. The van der Waals surface area contributed by atoms with Crippen molar-refractivity contribution in [1.29, 1.82) is 0 Å². The minimum Gasteiger partial charge on any atom is -0.268 e. The molecular formula is C16H11BrClNO2. The van der Waals surface area contributed by atoms with Gasteiger partial charge in [0, 0.05) is 4.47 Å². The highest BCUT2D eigenvalue weighted by atomic mass is 79.9. The molecule has 0 saturated carbocycles. The molecule has 1 heterocycles. The summed E-state index contributed by atoms with van der Waals surface area (Å²) in [4.78, 5) is 26.4. The number of carbonyl (C=O) groups is 2. The second kappa shape index (κ2) is 4.97. The lowest BCUT2D eigenvalue weighted by Gasteiger charge is -2.14. The van der Waals surface area contributed by atoms with Crippen molar-refractivity contribution in [2.75, 3.05) is 4.90 Å². The smallest absolute Gasteiger partial charge is 0.266 e. The largest absolute Gasteiger partial charge is 0.268 e. The van der Waals surface area contributed by atoms with Crippen molar-refractivity contribution in [3.8, 4) is 0 Å². The molecule has 0 radical (unpaired) electrons. The molecule has 2 aromatic carbocycles. The predicted octanol–water partition coefficient (Wildman–Crippen LogP) is 4.52. The van der Waals surface area contributed by atoms with E-state index in [1.807, 2.05) is 26.0 Å². The monoisotopic (exact) mass is 363 g/mol. The number of hydrogen-bond donors (Lipinski definition) is 0. The van der Waals surface area contributed by atoms with Gasteiger partial charge in [0.15, 0.2) is 0 Å². The van der Waals surface area contributed by atoms with E-state index >= 15 is 0 Å². The van der Waals surface area contributed by atoms with Gasteiger partial charge in [-0.3, -0.25) is 9.59 Å². The molecule has 0 aliphatic carbocycles. The maximum absolute atomic E-state index is 12.6. The van der Waals surface area contributed by atoms with Gasteiger partial charge >= 0.3 is 0 Å². The number of hydrogen-bond acceptors (Lipinski definition) is 2. The van der Waals surface area contributed by atoms with E-state index in [1.54, 1.807) is 18.2 Å². The zero-order valence-corrected chi connectivity index (χ0v) is 13.7. The summed E-state index contributed by atoms with van der Waals surface area (Å²) in [6.45, 7) is 3.67. The van der Waals surface area contributed by atoms with Crippen LogP contribution in [-0.4, -0.2) is 11.8 Å². The summed E-state index contributed by atoms with van der Waals surface area (Å²) < 4.78 is 0.719. The third kappa shape index (κ3) is 2.10. The molecule has 5 heteroatoms.